The Balaban J connectivity index is 2.97. The Morgan fingerprint density at radius 1 is 1.21 bits per heavy atom. The van der Waals surface area contributed by atoms with Gasteiger partial charge in [0.25, 0.3) is 0 Å². The summed E-state index contributed by atoms with van der Waals surface area (Å²) in [7, 11) is 0. The van der Waals surface area contributed by atoms with E-state index in [1.807, 2.05) is 0 Å². The van der Waals surface area contributed by atoms with Gasteiger partial charge in [-0.05, 0) is 53.2 Å². The van der Waals surface area contributed by atoms with Gasteiger partial charge in [0.05, 0.1) is 16.1 Å². The lowest BCUT2D eigenvalue weighted by molar-refractivity contribution is 0.0238. The lowest BCUT2D eigenvalue weighted by Crippen LogP contribution is -2.21. The molecule has 1 aromatic rings. The lowest BCUT2D eigenvalue weighted by Gasteiger charge is -2.19. The molecule has 0 aliphatic rings. The van der Waals surface area contributed by atoms with Crippen LogP contribution in [-0.4, -0.2) is 23.1 Å². The second-order valence-electron chi connectivity index (χ2n) is 6.26. The maximum atomic E-state index is 12.5. The number of carboxylic acid groups (broad SMARTS) is 1. The van der Waals surface area contributed by atoms with E-state index in [0.717, 1.165) is 32.1 Å². The minimum Gasteiger partial charge on any atom is -0.478 e. The van der Waals surface area contributed by atoms with Crippen LogP contribution in [0.15, 0.2) is 16.6 Å². The first kappa shape index (κ1) is 21.0. The summed E-state index contributed by atoms with van der Waals surface area (Å²) >= 11 is 9.15. The van der Waals surface area contributed by atoms with Crippen molar-refractivity contribution in [2.45, 2.75) is 59.0 Å². The Kier molecular flexibility index (Phi) is 8.78. The Morgan fingerprint density at radius 2 is 1.88 bits per heavy atom. The third-order valence-electron chi connectivity index (χ3n) is 3.73. The van der Waals surface area contributed by atoms with Gasteiger partial charge in [0.2, 0.25) is 0 Å². The van der Waals surface area contributed by atoms with Crippen molar-refractivity contribution >= 4 is 39.5 Å². The van der Waals surface area contributed by atoms with Gasteiger partial charge in [-0.25, -0.2) is 9.59 Å². The highest BCUT2D eigenvalue weighted by Crippen LogP contribution is 2.28. The van der Waals surface area contributed by atoms with Gasteiger partial charge in [-0.2, -0.15) is 0 Å². The quantitative estimate of drug-likeness (QED) is 0.502. The molecule has 0 saturated heterocycles. The molecule has 1 aromatic carbocycles. The molecule has 1 atom stereocenters. The zero-order chi connectivity index (χ0) is 18.3. The number of benzene rings is 1. The molecular weight excluding hydrogens is 396 g/mol. The molecule has 0 saturated carbocycles. The molecule has 0 bridgehead atoms. The number of hydrogen-bond acceptors (Lipinski definition) is 3. The fourth-order valence-corrected chi connectivity index (χ4v) is 2.83. The highest BCUT2D eigenvalue weighted by molar-refractivity contribution is 9.10. The van der Waals surface area contributed by atoms with Crippen molar-refractivity contribution in [1.82, 2.24) is 0 Å². The monoisotopic (exact) mass is 418 g/mol. The van der Waals surface area contributed by atoms with Crippen LogP contribution in [0.4, 0.5) is 0 Å². The van der Waals surface area contributed by atoms with Gasteiger partial charge in [0.15, 0.2) is 0 Å². The van der Waals surface area contributed by atoms with Gasteiger partial charge in [-0.15, -0.1) is 0 Å². The molecule has 1 N–H and O–H groups in total. The molecule has 6 heteroatoms. The number of esters is 1. The first-order chi connectivity index (χ1) is 11.3. The van der Waals surface area contributed by atoms with Gasteiger partial charge < -0.3 is 9.84 Å². The molecule has 0 amide bonds. The second kappa shape index (κ2) is 10.0. The van der Waals surface area contributed by atoms with Crippen molar-refractivity contribution in [1.29, 1.82) is 0 Å². The van der Waals surface area contributed by atoms with E-state index in [1.54, 1.807) is 0 Å². The van der Waals surface area contributed by atoms with Gasteiger partial charge in [-0.1, -0.05) is 45.2 Å². The van der Waals surface area contributed by atoms with Crippen molar-refractivity contribution in [2.75, 3.05) is 0 Å². The van der Waals surface area contributed by atoms with Crippen molar-refractivity contribution < 1.29 is 19.4 Å². The minimum absolute atomic E-state index is 0.0184. The topological polar surface area (TPSA) is 63.6 Å². The summed E-state index contributed by atoms with van der Waals surface area (Å²) in [5.74, 6) is -1.30. The third-order valence-corrected chi connectivity index (χ3v) is 4.93. The highest BCUT2D eigenvalue weighted by Gasteiger charge is 2.23. The van der Waals surface area contributed by atoms with E-state index in [2.05, 4.69) is 36.7 Å². The number of carbonyl (C=O) groups is 2. The highest BCUT2D eigenvalue weighted by atomic mass is 79.9. The lowest BCUT2D eigenvalue weighted by atomic mass is 10.0. The molecule has 0 aliphatic carbocycles. The van der Waals surface area contributed by atoms with Crippen LogP contribution in [-0.2, 0) is 4.74 Å². The fraction of sp³-hybridized carbons (Fsp3) is 0.556. The Morgan fingerprint density at radius 3 is 2.42 bits per heavy atom. The van der Waals surface area contributed by atoms with Crippen LogP contribution in [0.5, 0.6) is 0 Å². The molecular formula is C18H24BrClO4. The Labute approximate surface area is 156 Å². The Bertz CT molecular complexity index is 587. The molecule has 0 aliphatic heterocycles. The van der Waals surface area contributed by atoms with Crippen LogP contribution >= 0.6 is 27.5 Å². The number of aromatic carboxylic acids is 1. The molecule has 0 radical (unpaired) electrons. The van der Waals surface area contributed by atoms with Crippen LogP contribution in [0, 0.1) is 5.92 Å². The molecule has 1 rings (SSSR count). The summed E-state index contributed by atoms with van der Waals surface area (Å²) in [5, 5.41) is 9.54. The average Bonchev–Trinajstić information content (AvgIpc) is 2.51. The summed E-state index contributed by atoms with van der Waals surface area (Å²) < 4.78 is 6.07. The second-order valence-corrected chi connectivity index (χ2v) is 7.52. The predicted octanol–water partition coefficient (Wildman–Crippen LogP) is 5.95. The van der Waals surface area contributed by atoms with Crippen LogP contribution in [0.1, 0.15) is 73.6 Å². The van der Waals surface area contributed by atoms with E-state index in [0.29, 0.717) is 10.4 Å². The van der Waals surface area contributed by atoms with Crippen LogP contribution < -0.4 is 0 Å². The van der Waals surface area contributed by atoms with Crippen LogP contribution in [0.2, 0.25) is 5.02 Å². The van der Waals surface area contributed by atoms with Crippen LogP contribution in [0.3, 0.4) is 0 Å². The summed E-state index contributed by atoms with van der Waals surface area (Å²) in [5.41, 5.74) is -0.129. The Hall–Kier alpha value is -1.07. The summed E-state index contributed by atoms with van der Waals surface area (Å²) in [6.45, 7) is 6.33. The third kappa shape index (κ3) is 6.44. The SMILES string of the molecule is CCCCC(CCC(C)C)OC(=O)c1cc(Br)c(Cl)cc1C(=O)O. The first-order valence-corrected chi connectivity index (χ1v) is 9.36. The fourth-order valence-electron chi connectivity index (χ4n) is 2.32. The standard InChI is InChI=1S/C18H24BrClO4/c1-4-5-6-12(8-7-11(2)3)24-18(23)14-9-15(19)16(20)10-13(14)17(21)22/h9-12H,4-8H2,1-3H3,(H,21,22). The van der Waals surface area contributed by atoms with Gasteiger partial charge in [0, 0.05) is 4.47 Å². The van der Waals surface area contributed by atoms with E-state index in [4.69, 9.17) is 16.3 Å². The van der Waals surface area contributed by atoms with E-state index < -0.39 is 11.9 Å². The molecule has 0 spiro atoms. The molecule has 134 valence electrons. The number of hydrogen-bond donors (Lipinski definition) is 1. The molecule has 1 unspecified atom stereocenters. The zero-order valence-corrected chi connectivity index (χ0v) is 16.6. The molecule has 0 fully saturated rings. The summed E-state index contributed by atoms with van der Waals surface area (Å²) in [6.07, 6.45) is 4.30. The van der Waals surface area contributed by atoms with Crippen molar-refractivity contribution in [3.05, 3.63) is 32.8 Å². The number of carboxylic acids is 1. The summed E-state index contributed by atoms with van der Waals surface area (Å²) in [4.78, 5) is 23.9. The zero-order valence-electron chi connectivity index (χ0n) is 14.3. The van der Waals surface area contributed by atoms with E-state index >= 15 is 0 Å². The van der Waals surface area contributed by atoms with E-state index in [9.17, 15) is 14.7 Å². The largest absolute Gasteiger partial charge is 0.478 e. The van der Waals surface area contributed by atoms with Crippen LogP contribution in [0.25, 0.3) is 0 Å². The average molecular weight is 420 g/mol. The molecule has 4 nitrogen and oxygen atoms in total. The van der Waals surface area contributed by atoms with E-state index in [-0.39, 0.29) is 22.3 Å². The summed E-state index contributed by atoms with van der Waals surface area (Å²) in [6, 6.07) is 2.67. The number of carbonyl (C=O) groups excluding carboxylic acids is 1. The van der Waals surface area contributed by atoms with Gasteiger partial charge >= 0.3 is 11.9 Å². The molecule has 0 heterocycles. The molecule has 0 aromatic heterocycles. The van der Waals surface area contributed by atoms with Crippen molar-refractivity contribution in [3.8, 4) is 0 Å². The maximum absolute atomic E-state index is 12.5. The predicted molar refractivity (Wildman–Crippen MR) is 98.9 cm³/mol. The van der Waals surface area contributed by atoms with Gasteiger partial charge in [-0.3, -0.25) is 0 Å². The van der Waals surface area contributed by atoms with E-state index in [1.165, 1.54) is 12.1 Å². The normalized spacial score (nSPS) is 12.2. The maximum Gasteiger partial charge on any atom is 0.339 e. The first-order valence-electron chi connectivity index (χ1n) is 8.19. The number of unbranched alkanes of at least 4 members (excludes halogenated alkanes) is 1. The smallest absolute Gasteiger partial charge is 0.339 e. The number of rotatable bonds is 9. The minimum atomic E-state index is -1.20. The van der Waals surface area contributed by atoms with Gasteiger partial charge in [0.1, 0.15) is 6.10 Å². The van der Waals surface area contributed by atoms with Crippen molar-refractivity contribution in [3.63, 3.8) is 0 Å². The number of halogens is 2. The molecule has 24 heavy (non-hydrogen) atoms. The number of ether oxygens (including phenoxy) is 1. The van der Waals surface area contributed by atoms with Crippen molar-refractivity contribution in [2.24, 2.45) is 5.92 Å².